The Morgan fingerprint density at radius 1 is 1.05 bits per heavy atom. The number of unbranched alkanes of at least 4 members (excludes halogenated alkanes) is 2. The average Bonchev–Trinajstić information content (AvgIpc) is 3.64. The first-order valence-electron chi connectivity index (χ1n) is 14.4. The third-order valence-electron chi connectivity index (χ3n) is 7.42. The normalized spacial score (nSPS) is 16.2. The maximum Gasteiger partial charge on any atom is 0.418 e. The summed E-state index contributed by atoms with van der Waals surface area (Å²) in [6.07, 6.45) is 8.01. The Morgan fingerprint density at radius 3 is 2.62 bits per heavy atom. The fourth-order valence-corrected chi connectivity index (χ4v) is 5.29. The van der Waals surface area contributed by atoms with E-state index in [2.05, 4.69) is 25.1 Å². The first-order chi connectivity index (χ1) is 18.7. The molecule has 2 fully saturated rings. The third-order valence-corrected chi connectivity index (χ3v) is 7.42. The van der Waals surface area contributed by atoms with Crippen molar-refractivity contribution in [3.05, 3.63) is 59.8 Å². The standard InChI is InChI=1S/C32H41N3O4/c1-5-6-7-20-38-29-21-25(14-15-27(29)23-12-13-23)34-18-9-17-33(30(34)36)22-24-10-8-11-28-26(24)16-19-35(28)31(37)39-32(2,3)4/h8,10-11,14-16,19,21,23H,5-7,9,12-13,17-18,20,22H2,1-4H3. The van der Waals surface area contributed by atoms with E-state index in [0.717, 1.165) is 53.6 Å². The molecule has 1 aliphatic heterocycles. The molecule has 2 aliphatic rings. The zero-order valence-corrected chi connectivity index (χ0v) is 23.7. The average molecular weight is 532 g/mol. The summed E-state index contributed by atoms with van der Waals surface area (Å²) in [5.74, 6) is 1.52. The van der Waals surface area contributed by atoms with Crippen LogP contribution in [0.3, 0.4) is 0 Å². The minimum atomic E-state index is -0.577. The minimum absolute atomic E-state index is 0.000864. The van der Waals surface area contributed by atoms with Gasteiger partial charge in [0, 0.05) is 43.0 Å². The highest BCUT2D eigenvalue weighted by Crippen LogP contribution is 2.45. The van der Waals surface area contributed by atoms with Crippen molar-refractivity contribution >= 4 is 28.7 Å². The molecule has 0 N–H and O–H groups in total. The van der Waals surface area contributed by atoms with Crippen molar-refractivity contribution in [2.45, 2.75) is 84.3 Å². The number of carbonyl (C=O) groups is 2. The maximum absolute atomic E-state index is 13.7. The topological polar surface area (TPSA) is 64.0 Å². The van der Waals surface area contributed by atoms with E-state index in [4.69, 9.17) is 9.47 Å². The lowest BCUT2D eigenvalue weighted by molar-refractivity contribution is 0.0544. The predicted molar refractivity (Wildman–Crippen MR) is 155 cm³/mol. The zero-order chi connectivity index (χ0) is 27.6. The van der Waals surface area contributed by atoms with Gasteiger partial charge in [0.2, 0.25) is 0 Å². The highest BCUT2D eigenvalue weighted by atomic mass is 16.6. The monoisotopic (exact) mass is 531 g/mol. The van der Waals surface area contributed by atoms with Gasteiger partial charge in [0.05, 0.1) is 12.1 Å². The summed E-state index contributed by atoms with van der Waals surface area (Å²) in [5, 5.41) is 0.949. The van der Waals surface area contributed by atoms with Crippen LogP contribution in [0.15, 0.2) is 48.7 Å². The van der Waals surface area contributed by atoms with Crippen LogP contribution in [0.5, 0.6) is 5.75 Å². The lowest BCUT2D eigenvalue weighted by Gasteiger charge is -2.36. The van der Waals surface area contributed by atoms with Crippen molar-refractivity contribution in [1.29, 1.82) is 0 Å². The summed E-state index contributed by atoms with van der Waals surface area (Å²) >= 11 is 0. The van der Waals surface area contributed by atoms with Crippen molar-refractivity contribution in [1.82, 2.24) is 9.47 Å². The van der Waals surface area contributed by atoms with Crippen LogP contribution < -0.4 is 9.64 Å². The molecule has 2 heterocycles. The molecule has 3 aromatic rings. The fraction of sp³-hybridized carbons (Fsp3) is 0.500. The number of benzene rings is 2. The molecule has 0 bridgehead atoms. The Bertz CT molecular complexity index is 1330. The van der Waals surface area contributed by atoms with E-state index < -0.39 is 11.7 Å². The number of ether oxygens (including phenoxy) is 2. The second-order valence-electron chi connectivity index (χ2n) is 11.8. The van der Waals surface area contributed by atoms with Gasteiger partial charge < -0.3 is 14.4 Å². The first kappa shape index (κ1) is 27.1. The summed E-state index contributed by atoms with van der Waals surface area (Å²) in [4.78, 5) is 30.2. The molecule has 208 valence electrons. The molecular formula is C32H41N3O4. The van der Waals surface area contributed by atoms with Gasteiger partial charge in [-0.2, -0.15) is 0 Å². The SMILES string of the molecule is CCCCCOc1cc(N2CCCN(Cc3cccc4c3ccn4C(=O)OC(C)(C)C)C2=O)ccc1C1CC1. The molecule has 2 aromatic carbocycles. The molecule has 5 rings (SSSR count). The number of nitrogens with zero attached hydrogens (tertiary/aromatic N) is 3. The van der Waals surface area contributed by atoms with Gasteiger partial charge in [-0.05, 0) is 81.7 Å². The van der Waals surface area contributed by atoms with E-state index in [1.165, 1.54) is 23.0 Å². The van der Waals surface area contributed by atoms with E-state index in [1.54, 1.807) is 6.20 Å². The number of urea groups is 1. The van der Waals surface area contributed by atoms with E-state index >= 15 is 0 Å². The second kappa shape index (κ2) is 11.3. The summed E-state index contributed by atoms with van der Waals surface area (Å²) < 4.78 is 13.4. The number of hydrogen-bond acceptors (Lipinski definition) is 4. The Balaban J connectivity index is 1.34. The molecule has 1 saturated heterocycles. The predicted octanol–water partition coefficient (Wildman–Crippen LogP) is 7.70. The maximum atomic E-state index is 13.7. The Hall–Kier alpha value is -3.48. The summed E-state index contributed by atoms with van der Waals surface area (Å²) in [5.41, 5.74) is 3.39. The Kier molecular flexibility index (Phi) is 7.87. The van der Waals surface area contributed by atoms with Crippen LogP contribution in [0.4, 0.5) is 15.3 Å². The largest absolute Gasteiger partial charge is 0.493 e. The number of anilines is 1. The fourth-order valence-electron chi connectivity index (χ4n) is 5.29. The third kappa shape index (κ3) is 6.23. The van der Waals surface area contributed by atoms with Crippen molar-refractivity contribution in [3.8, 4) is 5.75 Å². The molecule has 1 aliphatic carbocycles. The van der Waals surface area contributed by atoms with Gasteiger partial charge >= 0.3 is 12.1 Å². The quantitative estimate of drug-likeness (QED) is 0.265. The molecular weight excluding hydrogens is 490 g/mol. The molecule has 7 nitrogen and oxygen atoms in total. The molecule has 7 heteroatoms. The highest BCUT2D eigenvalue weighted by molar-refractivity contribution is 5.94. The van der Waals surface area contributed by atoms with Crippen LogP contribution in [0.2, 0.25) is 0 Å². The van der Waals surface area contributed by atoms with Gasteiger partial charge in [0.15, 0.2) is 0 Å². The van der Waals surface area contributed by atoms with E-state index in [9.17, 15) is 9.59 Å². The second-order valence-corrected chi connectivity index (χ2v) is 11.8. The van der Waals surface area contributed by atoms with Crippen molar-refractivity contribution in [3.63, 3.8) is 0 Å². The van der Waals surface area contributed by atoms with Crippen LogP contribution in [0.25, 0.3) is 10.9 Å². The van der Waals surface area contributed by atoms with Crippen LogP contribution in [0.1, 0.15) is 83.3 Å². The number of fused-ring (bicyclic) bond motifs is 1. The van der Waals surface area contributed by atoms with E-state index in [1.807, 2.05) is 54.8 Å². The van der Waals surface area contributed by atoms with E-state index in [-0.39, 0.29) is 6.03 Å². The number of amides is 2. The van der Waals surface area contributed by atoms with Crippen LogP contribution in [-0.4, -0.2) is 46.9 Å². The lowest BCUT2D eigenvalue weighted by Crippen LogP contribution is -2.49. The van der Waals surface area contributed by atoms with Gasteiger partial charge in [0.25, 0.3) is 0 Å². The van der Waals surface area contributed by atoms with Crippen molar-refractivity contribution < 1.29 is 19.1 Å². The summed E-state index contributed by atoms with van der Waals surface area (Å²) in [7, 11) is 0. The van der Waals surface area contributed by atoms with Gasteiger partial charge in [-0.3, -0.25) is 9.47 Å². The zero-order valence-electron chi connectivity index (χ0n) is 23.7. The first-order valence-corrected chi connectivity index (χ1v) is 14.4. The molecule has 0 unspecified atom stereocenters. The summed E-state index contributed by atoms with van der Waals surface area (Å²) in [6, 6.07) is 14.1. The van der Waals surface area contributed by atoms with Crippen LogP contribution in [-0.2, 0) is 11.3 Å². The smallest absolute Gasteiger partial charge is 0.418 e. The van der Waals surface area contributed by atoms with Crippen molar-refractivity contribution in [2.75, 3.05) is 24.6 Å². The molecule has 0 spiro atoms. The molecule has 39 heavy (non-hydrogen) atoms. The highest BCUT2D eigenvalue weighted by Gasteiger charge is 2.31. The van der Waals surface area contributed by atoms with Crippen LogP contribution >= 0.6 is 0 Å². The van der Waals surface area contributed by atoms with Gasteiger partial charge in [0.1, 0.15) is 11.4 Å². The number of hydrogen-bond donors (Lipinski definition) is 0. The number of carbonyl (C=O) groups excluding carboxylic acids is 2. The Labute approximate surface area is 231 Å². The van der Waals surface area contributed by atoms with E-state index in [0.29, 0.717) is 32.2 Å². The molecule has 1 saturated carbocycles. The van der Waals surface area contributed by atoms with Crippen LogP contribution in [0, 0.1) is 0 Å². The number of aromatic nitrogens is 1. The van der Waals surface area contributed by atoms with Gasteiger partial charge in [-0.25, -0.2) is 9.59 Å². The molecule has 0 radical (unpaired) electrons. The van der Waals surface area contributed by atoms with Gasteiger partial charge in [-0.15, -0.1) is 0 Å². The molecule has 1 aromatic heterocycles. The summed E-state index contributed by atoms with van der Waals surface area (Å²) in [6.45, 7) is 10.3. The molecule has 2 amide bonds. The Morgan fingerprint density at radius 2 is 1.87 bits per heavy atom. The van der Waals surface area contributed by atoms with Crippen molar-refractivity contribution in [2.24, 2.45) is 0 Å². The minimum Gasteiger partial charge on any atom is -0.493 e. The van der Waals surface area contributed by atoms with Gasteiger partial charge in [-0.1, -0.05) is 38.0 Å². The lowest BCUT2D eigenvalue weighted by atomic mass is 10.1. The molecule has 0 atom stereocenters. The number of rotatable bonds is 9.